The maximum atomic E-state index is 9.79. The molecule has 2 aliphatic rings. The molecule has 3 nitrogen and oxygen atoms in total. The number of aliphatic hydroxyl groups is 1. The van der Waals surface area contributed by atoms with Gasteiger partial charge >= 0.3 is 0 Å². The lowest BCUT2D eigenvalue weighted by molar-refractivity contribution is -0.153. The Hall–Kier alpha value is -1.06. The number of ether oxygens (including phenoxy) is 2. The third-order valence-corrected chi connectivity index (χ3v) is 4.38. The first kappa shape index (κ1) is 12.9. The summed E-state index contributed by atoms with van der Waals surface area (Å²) in [4.78, 5) is 0. The maximum absolute atomic E-state index is 9.79. The van der Waals surface area contributed by atoms with Gasteiger partial charge in [0.15, 0.2) is 0 Å². The van der Waals surface area contributed by atoms with E-state index in [0.717, 1.165) is 30.8 Å². The van der Waals surface area contributed by atoms with Gasteiger partial charge in [-0.15, -0.1) is 0 Å². The summed E-state index contributed by atoms with van der Waals surface area (Å²) in [7, 11) is 0. The quantitative estimate of drug-likeness (QED) is 0.909. The minimum atomic E-state index is -0.492. The van der Waals surface area contributed by atoms with Crippen molar-refractivity contribution < 1.29 is 14.6 Å². The third-order valence-electron chi connectivity index (χ3n) is 4.38. The molecule has 1 N–H and O–H groups in total. The second-order valence-electron chi connectivity index (χ2n) is 5.83. The molecule has 2 atom stereocenters. The van der Waals surface area contributed by atoms with Gasteiger partial charge < -0.3 is 14.6 Å². The summed E-state index contributed by atoms with van der Waals surface area (Å²) in [5.74, 6) is 0.818. The molecule has 3 rings (SSSR count). The summed E-state index contributed by atoms with van der Waals surface area (Å²) in [6, 6.07) is 7.77. The van der Waals surface area contributed by atoms with Crippen LogP contribution in [-0.4, -0.2) is 23.4 Å². The van der Waals surface area contributed by atoms with E-state index >= 15 is 0 Å². The second-order valence-corrected chi connectivity index (χ2v) is 5.83. The summed E-state index contributed by atoms with van der Waals surface area (Å²) >= 11 is 0. The van der Waals surface area contributed by atoms with E-state index in [1.165, 1.54) is 19.3 Å². The molecule has 2 fully saturated rings. The van der Waals surface area contributed by atoms with Crippen molar-refractivity contribution in [1.29, 1.82) is 0 Å². The molecule has 1 aromatic carbocycles. The molecule has 0 aromatic heterocycles. The standard InChI is InChI=1S/C16H22O3/c1-12(17)14-5-2-3-6-15(14)19-13-7-10-18-16(11-13)8-4-9-16/h2-3,5-6,12-13,17H,4,7-11H2,1H3/t12-,13?/m0/s1. The molecule has 1 aliphatic carbocycles. The molecule has 1 saturated heterocycles. The monoisotopic (exact) mass is 262 g/mol. The molecule has 104 valence electrons. The van der Waals surface area contributed by atoms with Crippen LogP contribution in [0.1, 0.15) is 50.7 Å². The first-order valence-electron chi connectivity index (χ1n) is 7.26. The van der Waals surface area contributed by atoms with Gasteiger partial charge in [0, 0.05) is 18.4 Å². The summed E-state index contributed by atoms with van der Waals surface area (Å²) in [5.41, 5.74) is 0.972. The predicted octanol–water partition coefficient (Wildman–Crippen LogP) is 3.22. The Morgan fingerprint density at radius 3 is 2.84 bits per heavy atom. The van der Waals surface area contributed by atoms with Crippen molar-refractivity contribution in [3.8, 4) is 5.75 Å². The van der Waals surface area contributed by atoms with Crippen molar-refractivity contribution >= 4 is 0 Å². The molecule has 0 radical (unpaired) electrons. The number of benzene rings is 1. The van der Waals surface area contributed by atoms with Crippen molar-refractivity contribution in [2.75, 3.05) is 6.61 Å². The lowest BCUT2D eigenvalue weighted by Gasteiger charge is -2.47. The zero-order chi connectivity index (χ0) is 13.3. The molecule has 1 unspecified atom stereocenters. The van der Waals surface area contributed by atoms with Crippen LogP contribution in [0.4, 0.5) is 0 Å². The van der Waals surface area contributed by atoms with Gasteiger partial charge in [0.2, 0.25) is 0 Å². The fourth-order valence-corrected chi connectivity index (χ4v) is 3.12. The molecule has 3 heteroatoms. The third kappa shape index (κ3) is 2.63. The van der Waals surface area contributed by atoms with E-state index in [0.29, 0.717) is 0 Å². The zero-order valence-electron chi connectivity index (χ0n) is 11.5. The molecule has 1 aliphatic heterocycles. The summed E-state index contributed by atoms with van der Waals surface area (Å²) in [6.45, 7) is 2.57. The Labute approximate surface area is 114 Å². The minimum absolute atomic E-state index is 0.0999. The van der Waals surface area contributed by atoms with Crippen LogP contribution >= 0.6 is 0 Å². The highest BCUT2D eigenvalue weighted by molar-refractivity contribution is 5.35. The molecule has 1 heterocycles. The van der Waals surface area contributed by atoms with Crippen LogP contribution in [0.15, 0.2) is 24.3 Å². The second kappa shape index (κ2) is 5.14. The average molecular weight is 262 g/mol. The van der Waals surface area contributed by atoms with E-state index in [-0.39, 0.29) is 11.7 Å². The van der Waals surface area contributed by atoms with E-state index in [1.54, 1.807) is 6.92 Å². The van der Waals surface area contributed by atoms with E-state index in [1.807, 2.05) is 24.3 Å². The molecule has 1 saturated carbocycles. The number of hydrogen-bond donors (Lipinski definition) is 1. The van der Waals surface area contributed by atoms with Crippen LogP contribution in [0.5, 0.6) is 5.75 Å². The van der Waals surface area contributed by atoms with Crippen molar-refractivity contribution in [2.45, 2.75) is 56.8 Å². The smallest absolute Gasteiger partial charge is 0.125 e. The van der Waals surface area contributed by atoms with Crippen LogP contribution in [0.3, 0.4) is 0 Å². The Morgan fingerprint density at radius 2 is 2.16 bits per heavy atom. The van der Waals surface area contributed by atoms with E-state index in [4.69, 9.17) is 9.47 Å². The maximum Gasteiger partial charge on any atom is 0.125 e. The van der Waals surface area contributed by atoms with E-state index < -0.39 is 6.10 Å². The van der Waals surface area contributed by atoms with Gasteiger partial charge in [0.05, 0.1) is 18.3 Å². The fraction of sp³-hybridized carbons (Fsp3) is 0.625. The van der Waals surface area contributed by atoms with Gasteiger partial charge in [0.1, 0.15) is 11.9 Å². The molecule has 1 aromatic rings. The highest BCUT2D eigenvalue weighted by Crippen LogP contribution is 2.43. The number of rotatable bonds is 3. The molecular formula is C16H22O3. The summed E-state index contributed by atoms with van der Waals surface area (Å²) in [5, 5.41) is 9.79. The summed E-state index contributed by atoms with van der Waals surface area (Å²) < 4.78 is 12.1. The zero-order valence-corrected chi connectivity index (χ0v) is 11.5. The normalized spacial score (nSPS) is 26.7. The van der Waals surface area contributed by atoms with E-state index in [2.05, 4.69) is 0 Å². The van der Waals surface area contributed by atoms with Gasteiger partial charge in [-0.3, -0.25) is 0 Å². The SMILES string of the molecule is C[C@H](O)c1ccccc1OC1CCOC2(CCC2)C1. The molecule has 1 spiro atoms. The van der Waals surface area contributed by atoms with Crippen LogP contribution in [0.2, 0.25) is 0 Å². The number of hydrogen-bond acceptors (Lipinski definition) is 3. The number of aliphatic hydroxyl groups excluding tert-OH is 1. The van der Waals surface area contributed by atoms with Crippen molar-refractivity contribution in [1.82, 2.24) is 0 Å². The van der Waals surface area contributed by atoms with E-state index in [9.17, 15) is 5.11 Å². The highest BCUT2D eigenvalue weighted by atomic mass is 16.5. The van der Waals surface area contributed by atoms with Crippen LogP contribution in [0, 0.1) is 0 Å². The lowest BCUT2D eigenvalue weighted by atomic mass is 9.74. The summed E-state index contributed by atoms with van der Waals surface area (Å²) in [6.07, 6.45) is 5.27. The van der Waals surface area contributed by atoms with Crippen molar-refractivity contribution in [3.05, 3.63) is 29.8 Å². The van der Waals surface area contributed by atoms with Crippen LogP contribution < -0.4 is 4.74 Å². The van der Waals surface area contributed by atoms with Crippen LogP contribution in [-0.2, 0) is 4.74 Å². The molecule has 0 amide bonds. The number of para-hydroxylation sites is 1. The van der Waals surface area contributed by atoms with Gasteiger partial charge in [-0.05, 0) is 32.3 Å². The van der Waals surface area contributed by atoms with Gasteiger partial charge in [0.25, 0.3) is 0 Å². The van der Waals surface area contributed by atoms with Gasteiger partial charge in [-0.1, -0.05) is 18.2 Å². The molecular weight excluding hydrogens is 240 g/mol. The Kier molecular flexibility index (Phi) is 3.50. The molecule has 0 bridgehead atoms. The largest absolute Gasteiger partial charge is 0.490 e. The Balaban J connectivity index is 1.71. The highest BCUT2D eigenvalue weighted by Gasteiger charge is 2.43. The van der Waals surface area contributed by atoms with Gasteiger partial charge in [-0.25, -0.2) is 0 Å². The topological polar surface area (TPSA) is 38.7 Å². The average Bonchev–Trinajstić information content (AvgIpc) is 2.37. The van der Waals surface area contributed by atoms with Crippen molar-refractivity contribution in [2.24, 2.45) is 0 Å². The molecule has 19 heavy (non-hydrogen) atoms. The van der Waals surface area contributed by atoms with Crippen molar-refractivity contribution in [3.63, 3.8) is 0 Å². The fourth-order valence-electron chi connectivity index (χ4n) is 3.12. The first-order chi connectivity index (χ1) is 9.19. The lowest BCUT2D eigenvalue weighted by Crippen LogP contribution is -2.48. The predicted molar refractivity (Wildman–Crippen MR) is 73.3 cm³/mol. The Morgan fingerprint density at radius 1 is 1.37 bits per heavy atom. The van der Waals surface area contributed by atoms with Gasteiger partial charge in [-0.2, -0.15) is 0 Å². The van der Waals surface area contributed by atoms with Crippen LogP contribution in [0.25, 0.3) is 0 Å². The first-order valence-corrected chi connectivity index (χ1v) is 7.26. The Bertz CT molecular complexity index is 437. The minimum Gasteiger partial charge on any atom is -0.490 e.